The van der Waals surface area contributed by atoms with Gasteiger partial charge in [0.25, 0.3) is 0 Å². The van der Waals surface area contributed by atoms with E-state index in [2.05, 4.69) is 19.1 Å². The third-order valence-corrected chi connectivity index (χ3v) is 3.17. The minimum Gasteiger partial charge on any atom is -0.493 e. The summed E-state index contributed by atoms with van der Waals surface area (Å²) in [6.45, 7) is 2.91. The normalized spacial score (nSPS) is 10.4. The van der Waals surface area contributed by atoms with Gasteiger partial charge in [0.05, 0.1) is 13.2 Å². The van der Waals surface area contributed by atoms with E-state index in [-0.39, 0.29) is 6.61 Å². The highest BCUT2D eigenvalue weighted by molar-refractivity contribution is 5.28. The van der Waals surface area contributed by atoms with Crippen molar-refractivity contribution in [3.8, 4) is 5.75 Å². The minimum absolute atomic E-state index is 0.0978. The van der Waals surface area contributed by atoms with Crippen LogP contribution >= 0.6 is 0 Å². The smallest absolute Gasteiger partial charge is 0.119 e. The molecule has 19 heavy (non-hydrogen) atoms. The molecule has 2 aromatic rings. The molecular weight excluding hydrogens is 236 g/mol. The van der Waals surface area contributed by atoms with Crippen molar-refractivity contribution in [3.05, 3.63) is 65.2 Å². The molecule has 0 atom stereocenters. The standard InChI is InChI=1S/C17H20O2/c1-2-14-4-3-5-17(12-14)19-11-10-15-6-8-16(13-18)9-7-15/h3-9,12,18H,2,10-11,13H2,1H3. The molecule has 2 rings (SSSR count). The number of aliphatic hydroxyl groups excluding tert-OH is 1. The Bertz CT molecular complexity index is 503. The lowest BCUT2D eigenvalue weighted by atomic mass is 10.1. The summed E-state index contributed by atoms with van der Waals surface area (Å²) in [4.78, 5) is 0. The van der Waals surface area contributed by atoms with E-state index in [1.54, 1.807) is 0 Å². The van der Waals surface area contributed by atoms with Crippen LogP contribution in [0.4, 0.5) is 0 Å². The highest BCUT2D eigenvalue weighted by atomic mass is 16.5. The first-order valence-electron chi connectivity index (χ1n) is 6.72. The van der Waals surface area contributed by atoms with Crippen LogP contribution in [0.1, 0.15) is 23.6 Å². The molecule has 0 unspecified atom stereocenters. The lowest BCUT2D eigenvalue weighted by Crippen LogP contribution is -2.01. The van der Waals surface area contributed by atoms with Gasteiger partial charge in [-0.25, -0.2) is 0 Å². The second-order valence-electron chi connectivity index (χ2n) is 4.57. The average molecular weight is 256 g/mol. The van der Waals surface area contributed by atoms with Crippen molar-refractivity contribution in [2.75, 3.05) is 6.61 Å². The third kappa shape index (κ3) is 4.11. The van der Waals surface area contributed by atoms with E-state index >= 15 is 0 Å². The Hall–Kier alpha value is -1.80. The molecule has 0 aliphatic carbocycles. The maximum atomic E-state index is 8.98. The van der Waals surface area contributed by atoms with Gasteiger partial charge < -0.3 is 9.84 Å². The highest BCUT2D eigenvalue weighted by Gasteiger charge is 1.98. The molecule has 2 heteroatoms. The topological polar surface area (TPSA) is 29.5 Å². The Morgan fingerprint density at radius 1 is 0.947 bits per heavy atom. The number of aliphatic hydroxyl groups is 1. The van der Waals surface area contributed by atoms with Crippen molar-refractivity contribution in [2.24, 2.45) is 0 Å². The molecule has 0 bridgehead atoms. The largest absolute Gasteiger partial charge is 0.493 e. The zero-order valence-corrected chi connectivity index (χ0v) is 11.3. The van der Waals surface area contributed by atoms with E-state index in [1.165, 1.54) is 11.1 Å². The van der Waals surface area contributed by atoms with E-state index in [0.717, 1.165) is 24.2 Å². The van der Waals surface area contributed by atoms with Crippen molar-refractivity contribution in [1.29, 1.82) is 0 Å². The SMILES string of the molecule is CCc1cccc(OCCc2ccc(CO)cc2)c1. The van der Waals surface area contributed by atoms with E-state index in [1.807, 2.05) is 36.4 Å². The lowest BCUT2D eigenvalue weighted by Gasteiger charge is -2.08. The molecule has 0 amide bonds. The maximum absolute atomic E-state index is 8.98. The minimum atomic E-state index is 0.0978. The zero-order valence-electron chi connectivity index (χ0n) is 11.3. The van der Waals surface area contributed by atoms with Gasteiger partial charge in [-0.05, 0) is 35.2 Å². The Balaban J connectivity index is 1.85. The van der Waals surface area contributed by atoms with Gasteiger partial charge in [0.1, 0.15) is 5.75 Å². The molecule has 0 saturated heterocycles. The molecule has 0 aromatic heterocycles. The molecule has 0 spiro atoms. The van der Waals surface area contributed by atoms with Crippen LogP contribution in [-0.4, -0.2) is 11.7 Å². The average Bonchev–Trinajstić information content (AvgIpc) is 2.48. The summed E-state index contributed by atoms with van der Waals surface area (Å²) in [6.07, 6.45) is 1.90. The van der Waals surface area contributed by atoms with Crippen LogP contribution in [-0.2, 0) is 19.4 Å². The Morgan fingerprint density at radius 2 is 1.68 bits per heavy atom. The number of rotatable bonds is 6. The molecule has 100 valence electrons. The predicted octanol–water partition coefficient (Wildman–Crippen LogP) is 3.36. The number of ether oxygens (including phenoxy) is 1. The summed E-state index contributed by atoms with van der Waals surface area (Å²) in [7, 11) is 0. The summed E-state index contributed by atoms with van der Waals surface area (Å²) < 4.78 is 5.76. The summed E-state index contributed by atoms with van der Waals surface area (Å²) in [6, 6.07) is 16.2. The molecule has 0 radical (unpaired) electrons. The number of aryl methyl sites for hydroxylation is 1. The third-order valence-electron chi connectivity index (χ3n) is 3.17. The van der Waals surface area contributed by atoms with Gasteiger partial charge in [-0.2, -0.15) is 0 Å². The Morgan fingerprint density at radius 3 is 2.37 bits per heavy atom. The van der Waals surface area contributed by atoms with Gasteiger partial charge in [-0.3, -0.25) is 0 Å². The highest BCUT2D eigenvalue weighted by Crippen LogP contribution is 2.14. The number of hydrogen-bond acceptors (Lipinski definition) is 2. The van der Waals surface area contributed by atoms with Crippen LogP contribution in [0, 0.1) is 0 Å². The van der Waals surface area contributed by atoms with Gasteiger partial charge >= 0.3 is 0 Å². The summed E-state index contributed by atoms with van der Waals surface area (Å²) in [5, 5.41) is 8.98. The molecule has 1 N–H and O–H groups in total. The van der Waals surface area contributed by atoms with Crippen LogP contribution in [0.2, 0.25) is 0 Å². The van der Waals surface area contributed by atoms with Gasteiger partial charge in [-0.1, -0.05) is 43.3 Å². The van der Waals surface area contributed by atoms with Gasteiger partial charge in [0.2, 0.25) is 0 Å². The van der Waals surface area contributed by atoms with Crippen LogP contribution < -0.4 is 4.74 Å². The second-order valence-corrected chi connectivity index (χ2v) is 4.57. The molecule has 0 aliphatic heterocycles. The molecule has 0 aliphatic rings. The molecule has 0 fully saturated rings. The molecule has 0 saturated carbocycles. The van der Waals surface area contributed by atoms with Crippen molar-refractivity contribution in [2.45, 2.75) is 26.4 Å². The molecule has 0 heterocycles. The monoisotopic (exact) mass is 256 g/mol. The van der Waals surface area contributed by atoms with Gasteiger partial charge in [0, 0.05) is 6.42 Å². The fourth-order valence-electron chi connectivity index (χ4n) is 1.95. The van der Waals surface area contributed by atoms with Crippen LogP contribution in [0.25, 0.3) is 0 Å². The van der Waals surface area contributed by atoms with E-state index in [4.69, 9.17) is 9.84 Å². The van der Waals surface area contributed by atoms with Crippen molar-refractivity contribution in [1.82, 2.24) is 0 Å². The van der Waals surface area contributed by atoms with E-state index < -0.39 is 0 Å². The van der Waals surface area contributed by atoms with Crippen LogP contribution in [0.5, 0.6) is 5.75 Å². The second kappa shape index (κ2) is 6.95. The van der Waals surface area contributed by atoms with Crippen molar-refractivity contribution in [3.63, 3.8) is 0 Å². The summed E-state index contributed by atoms with van der Waals surface area (Å²) in [5.74, 6) is 0.936. The summed E-state index contributed by atoms with van der Waals surface area (Å²) >= 11 is 0. The first-order valence-corrected chi connectivity index (χ1v) is 6.72. The van der Waals surface area contributed by atoms with E-state index in [9.17, 15) is 0 Å². The predicted molar refractivity (Wildman–Crippen MR) is 77.4 cm³/mol. The van der Waals surface area contributed by atoms with Gasteiger partial charge in [-0.15, -0.1) is 0 Å². The molecule has 2 aromatic carbocycles. The fourth-order valence-corrected chi connectivity index (χ4v) is 1.95. The first-order chi connectivity index (χ1) is 9.31. The quantitative estimate of drug-likeness (QED) is 0.858. The van der Waals surface area contributed by atoms with Crippen molar-refractivity contribution < 1.29 is 9.84 Å². The van der Waals surface area contributed by atoms with Gasteiger partial charge in [0.15, 0.2) is 0 Å². The maximum Gasteiger partial charge on any atom is 0.119 e. The fraction of sp³-hybridized carbons (Fsp3) is 0.294. The number of benzene rings is 2. The van der Waals surface area contributed by atoms with Crippen LogP contribution in [0.15, 0.2) is 48.5 Å². The lowest BCUT2D eigenvalue weighted by molar-refractivity contribution is 0.282. The van der Waals surface area contributed by atoms with Crippen molar-refractivity contribution >= 4 is 0 Å². The molecule has 2 nitrogen and oxygen atoms in total. The van der Waals surface area contributed by atoms with Crippen LogP contribution in [0.3, 0.4) is 0 Å². The number of hydrogen-bond donors (Lipinski definition) is 1. The first kappa shape index (κ1) is 13.6. The Labute approximate surface area is 114 Å². The Kier molecular flexibility index (Phi) is 4.99. The summed E-state index contributed by atoms with van der Waals surface area (Å²) in [5.41, 5.74) is 3.47. The molecular formula is C17H20O2. The zero-order chi connectivity index (χ0) is 13.5. The van der Waals surface area contributed by atoms with E-state index in [0.29, 0.717) is 6.61 Å².